The van der Waals surface area contributed by atoms with Crippen LogP contribution in [0.1, 0.15) is 38.7 Å². The molecular weight excluding hydrogens is 196 g/mol. The fourth-order valence-corrected chi connectivity index (χ4v) is 1.64. The number of allylic oxidation sites excluding steroid dienone is 1. The van der Waals surface area contributed by atoms with Crippen LogP contribution >= 0.6 is 0 Å². The minimum atomic E-state index is 0.713. The molecule has 0 saturated heterocycles. The summed E-state index contributed by atoms with van der Waals surface area (Å²) >= 11 is 0. The minimum absolute atomic E-state index is 0.713. The Labute approximate surface area is 98.2 Å². The summed E-state index contributed by atoms with van der Waals surface area (Å²) in [5, 5.41) is 0. The second-order valence-electron chi connectivity index (χ2n) is 4.53. The molecule has 1 nitrogen and oxygen atoms in total. The van der Waals surface area contributed by atoms with Gasteiger partial charge in [0.05, 0.1) is 0 Å². The number of carbonyl (C=O) groups excluding carboxylic acids is 1. The van der Waals surface area contributed by atoms with Gasteiger partial charge >= 0.3 is 0 Å². The van der Waals surface area contributed by atoms with Gasteiger partial charge in [-0.25, -0.2) is 0 Å². The van der Waals surface area contributed by atoms with Gasteiger partial charge in [-0.1, -0.05) is 50.6 Å². The first-order valence-electron chi connectivity index (χ1n) is 5.93. The highest BCUT2D eigenvalue weighted by Crippen LogP contribution is 2.13. The molecule has 0 saturated carbocycles. The van der Waals surface area contributed by atoms with Crippen molar-refractivity contribution < 1.29 is 4.79 Å². The molecule has 0 bridgehead atoms. The second-order valence-corrected chi connectivity index (χ2v) is 4.53. The van der Waals surface area contributed by atoms with Crippen molar-refractivity contribution in [1.29, 1.82) is 0 Å². The Morgan fingerprint density at radius 3 is 2.50 bits per heavy atom. The Morgan fingerprint density at radius 1 is 1.25 bits per heavy atom. The zero-order valence-corrected chi connectivity index (χ0v) is 10.1. The number of carbonyl (C=O) groups is 1. The normalized spacial score (nSPS) is 11.8. The molecule has 86 valence electrons. The van der Waals surface area contributed by atoms with Crippen molar-refractivity contribution in [2.24, 2.45) is 5.92 Å². The summed E-state index contributed by atoms with van der Waals surface area (Å²) in [6.45, 7) is 4.42. The first-order chi connectivity index (χ1) is 7.72. The van der Waals surface area contributed by atoms with Gasteiger partial charge in [-0.15, -0.1) is 0 Å². The van der Waals surface area contributed by atoms with Crippen LogP contribution in [0.15, 0.2) is 35.9 Å². The summed E-state index contributed by atoms with van der Waals surface area (Å²) < 4.78 is 0. The second kappa shape index (κ2) is 7.00. The van der Waals surface area contributed by atoms with Crippen molar-refractivity contribution in [2.45, 2.75) is 33.1 Å². The average Bonchev–Trinajstić information content (AvgIpc) is 2.28. The molecule has 0 fully saturated rings. The topological polar surface area (TPSA) is 17.1 Å². The van der Waals surface area contributed by atoms with Crippen LogP contribution in [-0.2, 0) is 4.79 Å². The van der Waals surface area contributed by atoms with E-state index in [1.54, 1.807) is 0 Å². The molecule has 0 N–H and O–H groups in total. The Morgan fingerprint density at radius 2 is 1.94 bits per heavy atom. The molecule has 0 amide bonds. The predicted molar refractivity (Wildman–Crippen MR) is 69.2 cm³/mol. The first kappa shape index (κ1) is 12.7. The van der Waals surface area contributed by atoms with Gasteiger partial charge in [-0.05, 0) is 36.0 Å². The number of hydrogen-bond donors (Lipinski definition) is 0. The zero-order chi connectivity index (χ0) is 11.8. The Hall–Kier alpha value is -1.37. The summed E-state index contributed by atoms with van der Waals surface area (Å²) in [5.41, 5.74) is 2.00. The molecule has 1 aromatic rings. The lowest BCUT2D eigenvalue weighted by molar-refractivity contribution is -0.105. The molecule has 0 spiro atoms. The standard InChI is InChI=1S/C15H20O/c1-13(2)7-6-10-15(12-16)11-14-8-4-3-5-9-14/h3-5,8-9,11-13H,6-7,10H2,1-2H3/b15-11+. The summed E-state index contributed by atoms with van der Waals surface area (Å²) in [5.74, 6) is 0.713. The van der Waals surface area contributed by atoms with Gasteiger partial charge in [-0.3, -0.25) is 4.79 Å². The van der Waals surface area contributed by atoms with Gasteiger partial charge in [-0.2, -0.15) is 0 Å². The van der Waals surface area contributed by atoms with Gasteiger partial charge in [0.1, 0.15) is 6.29 Å². The van der Waals surface area contributed by atoms with Crippen LogP contribution in [0.3, 0.4) is 0 Å². The average molecular weight is 216 g/mol. The predicted octanol–water partition coefficient (Wildman–Crippen LogP) is 4.10. The quantitative estimate of drug-likeness (QED) is 0.517. The van der Waals surface area contributed by atoms with Crippen LogP contribution in [0.2, 0.25) is 0 Å². The molecule has 1 rings (SSSR count). The maximum Gasteiger partial charge on any atom is 0.146 e. The van der Waals surface area contributed by atoms with Gasteiger partial charge < -0.3 is 0 Å². The van der Waals surface area contributed by atoms with E-state index >= 15 is 0 Å². The van der Waals surface area contributed by atoms with E-state index in [2.05, 4.69) is 13.8 Å². The maximum absolute atomic E-state index is 10.9. The summed E-state index contributed by atoms with van der Waals surface area (Å²) in [4.78, 5) is 10.9. The Kier molecular flexibility index (Phi) is 5.55. The van der Waals surface area contributed by atoms with Crippen LogP contribution in [0, 0.1) is 5.92 Å². The number of aldehydes is 1. The van der Waals surface area contributed by atoms with Crippen LogP contribution in [0.4, 0.5) is 0 Å². The lowest BCUT2D eigenvalue weighted by Crippen LogP contribution is -1.90. The third-order valence-electron chi connectivity index (χ3n) is 2.55. The molecule has 0 aliphatic rings. The summed E-state index contributed by atoms with van der Waals surface area (Å²) in [7, 11) is 0. The van der Waals surface area contributed by atoms with E-state index in [9.17, 15) is 4.79 Å². The van der Waals surface area contributed by atoms with Crippen LogP contribution in [-0.4, -0.2) is 6.29 Å². The first-order valence-corrected chi connectivity index (χ1v) is 5.93. The monoisotopic (exact) mass is 216 g/mol. The molecule has 0 unspecified atom stereocenters. The number of rotatable bonds is 6. The van der Waals surface area contributed by atoms with Crippen LogP contribution in [0.5, 0.6) is 0 Å². The van der Waals surface area contributed by atoms with Crippen molar-refractivity contribution in [1.82, 2.24) is 0 Å². The highest BCUT2D eigenvalue weighted by atomic mass is 16.1. The van der Waals surface area contributed by atoms with Crippen molar-refractivity contribution in [2.75, 3.05) is 0 Å². The molecule has 0 heterocycles. The maximum atomic E-state index is 10.9. The highest BCUT2D eigenvalue weighted by molar-refractivity contribution is 5.81. The molecule has 0 aliphatic carbocycles. The fourth-order valence-electron chi connectivity index (χ4n) is 1.64. The van der Waals surface area contributed by atoms with E-state index in [0.717, 1.165) is 30.3 Å². The van der Waals surface area contributed by atoms with Crippen LogP contribution < -0.4 is 0 Å². The van der Waals surface area contributed by atoms with Crippen molar-refractivity contribution in [3.63, 3.8) is 0 Å². The Balaban J connectivity index is 2.54. The molecule has 0 aliphatic heterocycles. The molecule has 1 heteroatoms. The van der Waals surface area contributed by atoms with E-state index in [0.29, 0.717) is 5.92 Å². The minimum Gasteiger partial charge on any atom is -0.298 e. The fraction of sp³-hybridized carbons (Fsp3) is 0.400. The van der Waals surface area contributed by atoms with E-state index in [1.165, 1.54) is 6.42 Å². The summed E-state index contributed by atoms with van der Waals surface area (Å²) in [6.07, 6.45) is 6.12. The SMILES string of the molecule is CC(C)CCC/C(C=O)=C\c1ccccc1. The molecule has 0 atom stereocenters. The van der Waals surface area contributed by atoms with E-state index in [4.69, 9.17) is 0 Å². The smallest absolute Gasteiger partial charge is 0.146 e. The number of benzene rings is 1. The summed E-state index contributed by atoms with van der Waals surface area (Å²) in [6, 6.07) is 10.00. The van der Waals surface area contributed by atoms with E-state index in [1.807, 2.05) is 36.4 Å². The third kappa shape index (κ3) is 4.92. The molecule has 16 heavy (non-hydrogen) atoms. The van der Waals surface area contributed by atoms with Gasteiger partial charge in [0.2, 0.25) is 0 Å². The largest absolute Gasteiger partial charge is 0.298 e. The van der Waals surface area contributed by atoms with Gasteiger partial charge in [0.25, 0.3) is 0 Å². The van der Waals surface area contributed by atoms with E-state index < -0.39 is 0 Å². The highest BCUT2D eigenvalue weighted by Gasteiger charge is 1.98. The van der Waals surface area contributed by atoms with Crippen LogP contribution in [0.25, 0.3) is 6.08 Å². The van der Waals surface area contributed by atoms with Gasteiger partial charge in [0, 0.05) is 0 Å². The molecule has 1 aromatic carbocycles. The molecule has 0 radical (unpaired) electrons. The molecule has 0 aromatic heterocycles. The lowest BCUT2D eigenvalue weighted by atomic mass is 10.0. The third-order valence-corrected chi connectivity index (χ3v) is 2.55. The van der Waals surface area contributed by atoms with Gasteiger partial charge in [0.15, 0.2) is 0 Å². The van der Waals surface area contributed by atoms with E-state index in [-0.39, 0.29) is 0 Å². The van der Waals surface area contributed by atoms with Crippen molar-refractivity contribution in [3.05, 3.63) is 41.5 Å². The lowest BCUT2D eigenvalue weighted by Gasteiger charge is -2.04. The van der Waals surface area contributed by atoms with Crippen molar-refractivity contribution in [3.8, 4) is 0 Å². The number of hydrogen-bond acceptors (Lipinski definition) is 1. The molecular formula is C15H20O. The van der Waals surface area contributed by atoms with Crippen molar-refractivity contribution >= 4 is 12.4 Å². The zero-order valence-electron chi connectivity index (χ0n) is 10.1. The Bertz CT molecular complexity index is 336.